The minimum absolute atomic E-state index is 0. The van der Waals surface area contributed by atoms with Crippen LogP contribution in [0.1, 0.15) is 18.9 Å². The Morgan fingerprint density at radius 2 is 2.15 bits per heavy atom. The molecule has 0 aliphatic carbocycles. The molecule has 1 aromatic heterocycles. The van der Waals surface area contributed by atoms with Gasteiger partial charge in [-0.2, -0.15) is 5.10 Å². The Morgan fingerprint density at radius 3 is 2.75 bits per heavy atom. The maximum Gasteiger partial charge on any atom is 0.191 e. The maximum absolute atomic E-state index is 5.26. The Morgan fingerprint density at radius 1 is 1.40 bits per heavy atom. The molecule has 0 fully saturated rings. The molecule has 0 unspecified atom stereocenters. The normalized spacial score (nSPS) is 11.1. The monoisotopic (exact) mass is 395 g/mol. The molecule has 7 heteroatoms. The first-order chi connectivity index (χ1) is 9.26. The molecular weight excluding hydrogens is 369 g/mol. The van der Waals surface area contributed by atoms with Crippen LogP contribution < -0.4 is 10.6 Å². The maximum atomic E-state index is 5.26. The second kappa shape index (κ2) is 12.0. The van der Waals surface area contributed by atoms with Crippen molar-refractivity contribution in [3.05, 3.63) is 18.0 Å². The summed E-state index contributed by atoms with van der Waals surface area (Å²) in [6.07, 6.45) is 4.93. The number of aryl methyl sites for hydroxylation is 2. The molecule has 0 saturated carbocycles. The van der Waals surface area contributed by atoms with Gasteiger partial charge in [-0.25, -0.2) is 0 Å². The molecule has 0 bridgehead atoms. The highest BCUT2D eigenvalue weighted by molar-refractivity contribution is 14.0. The quantitative estimate of drug-likeness (QED) is 0.302. The number of rotatable bonds is 8. The lowest BCUT2D eigenvalue weighted by Crippen LogP contribution is -2.39. The van der Waals surface area contributed by atoms with E-state index < -0.39 is 0 Å². The van der Waals surface area contributed by atoms with Crippen molar-refractivity contribution in [2.75, 3.05) is 33.4 Å². The zero-order chi connectivity index (χ0) is 13.9. The highest BCUT2D eigenvalue weighted by Gasteiger charge is 1.97. The number of nitrogens with one attached hydrogen (secondary N) is 2. The van der Waals surface area contributed by atoms with E-state index in [0.717, 1.165) is 38.6 Å². The van der Waals surface area contributed by atoms with Gasteiger partial charge < -0.3 is 15.4 Å². The standard InChI is InChI=1S/C13H25N5O.HI/c1-4-19-9-7-16-13(14-3)15-6-5-8-18-11-12(2)10-17-18;/h10-11H,4-9H2,1-3H3,(H2,14,15,16);1H. The first kappa shape index (κ1) is 19.2. The molecule has 0 radical (unpaired) electrons. The number of guanidine groups is 1. The van der Waals surface area contributed by atoms with Crippen LogP contribution in [0.2, 0.25) is 0 Å². The highest BCUT2D eigenvalue weighted by atomic mass is 127. The topological polar surface area (TPSA) is 63.5 Å². The Balaban J connectivity index is 0.00000361. The van der Waals surface area contributed by atoms with Gasteiger partial charge in [-0.15, -0.1) is 24.0 Å². The van der Waals surface area contributed by atoms with Crippen molar-refractivity contribution in [1.29, 1.82) is 0 Å². The molecule has 0 spiro atoms. The van der Waals surface area contributed by atoms with Crippen LogP contribution in [0.4, 0.5) is 0 Å². The van der Waals surface area contributed by atoms with Crippen molar-refractivity contribution < 1.29 is 4.74 Å². The average molecular weight is 395 g/mol. The van der Waals surface area contributed by atoms with Crippen LogP contribution in [0.3, 0.4) is 0 Å². The molecular formula is C13H26IN5O. The molecule has 0 aromatic carbocycles. The van der Waals surface area contributed by atoms with E-state index in [9.17, 15) is 0 Å². The van der Waals surface area contributed by atoms with Crippen LogP contribution in [0.25, 0.3) is 0 Å². The van der Waals surface area contributed by atoms with E-state index in [-0.39, 0.29) is 24.0 Å². The van der Waals surface area contributed by atoms with Gasteiger partial charge in [0.05, 0.1) is 12.8 Å². The van der Waals surface area contributed by atoms with Crippen LogP contribution in [-0.2, 0) is 11.3 Å². The third kappa shape index (κ3) is 8.36. The Bertz CT molecular complexity index is 381. The third-order valence-electron chi connectivity index (χ3n) is 2.59. The number of halogens is 1. The Hall–Kier alpha value is -0.830. The van der Waals surface area contributed by atoms with Gasteiger partial charge in [0.15, 0.2) is 5.96 Å². The summed E-state index contributed by atoms with van der Waals surface area (Å²) in [6, 6.07) is 0. The van der Waals surface area contributed by atoms with Gasteiger partial charge in [-0.1, -0.05) is 0 Å². The molecule has 0 amide bonds. The highest BCUT2D eigenvalue weighted by Crippen LogP contribution is 1.95. The van der Waals surface area contributed by atoms with Crippen LogP contribution in [-0.4, -0.2) is 49.1 Å². The van der Waals surface area contributed by atoms with Crippen LogP contribution in [0.15, 0.2) is 17.4 Å². The van der Waals surface area contributed by atoms with Crippen molar-refractivity contribution in [3.63, 3.8) is 0 Å². The van der Waals surface area contributed by atoms with Gasteiger partial charge in [0.1, 0.15) is 0 Å². The molecule has 1 aromatic rings. The van der Waals surface area contributed by atoms with Crippen LogP contribution >= 0.6 is 24.0 Å². The van der Waals surface area contributed by atoms with Crippen LogP contribution in [0.5, 0.6) is 0 Å². The van der Waals surface area contributed by atoms with Gasteiger partial charge in [0.25, 0.3) is 0 Å². The largest absolute Gasteiger partial charge is 0.380 e. The SMILES string of the molecule is CCOCCNC(=NC)NCCCn1cc(C)cn1.I. The van der Waals surface area contributed by atoms with Gasteiger partial charge in [0, 0.05) is 39.5 Å². The second-order valence-corrected chi connectivity index (χ2v) is 4.26. The minimum atomic E-state index is 0. The van der Waals surface area contributed by atoms with E-state index in [1.807, 2.05) is 24.7 Å². The zero-order valence-electron chi connectivity index (χ0n) is 12.6. The molecule has 1 rings (SSSR count). The van der Waals surface area contributed by atoms with Crippen molar-refractivity contribution in [2.24, 2.45) is 4.99 Å². The van der Waals surface area contributed by atoms with Crippen LogP contribution in [0, 0.1) is 6.92 Å². The van der Waals surface area contributed by atoms with Crippen molar-refractivity contribution in [3.8, 4) is 0 Å². The van der Waals surface area contributed by atoms with Gasteiger partial charge in [-0.05, 0) is 25.8 Å². The Kier molecular flexibility index (Phi) is 11.5. The second-order valence-electron chi connectivity index (χ2n) is 4.26. The molecule has 6 nitrogen and oxygen atoms in total. The summed E-state index contributed by atoms with van der Waals surface area (Å²) < 4.78 is 7.22. The minimum Gasteiger partial charge on any atom is -0.380 e. The summed E-state index contributed by atoms with van der Waals surface area (Å²) in [5.41, 5.74) is 1.20. The lowest BCUT2D eigenvalue weighted by molar-refractivity contribution is 0.152. The summed E-state index contributed by atoms with van der Waals surface area (Å²) in [5.74, 6) is 0.816. The Labute approximate surface area is 138 Å². The van der Waals surface area contributed by atoms with Crippen molar-refractivity contribution >= 4 is 29.9 Å². The van der Waals surface area contributed by atoms with Gasteiger partial charge in [-0.3, -0.25) is 9.67 Å². The predicted molar refractivity (Wildman–Crippen MR) is 92.9 cm³/mol. The summed E-state index contributed by atoms with van der Waals surface area (Å²) in [4.78, 5) is 4.15. The third-order valence-corrected chi connectivity index (χ3v) is 2.59. The average Bonchev–Trinajstić information content (AvgIpc) is 2.82. The molecule has 0 aliphatic heterocycles. The number of aromatic nitrogens is 2. The van der Waals surface area contributed by atoms with E-state index in [4.69, 9.17) is 4.74 Å². The first-order valence-electron chi connectivity index (χ1n) is 6.77. The predicted octanol–water partition coefficient (Wildman–Crippen LogP) is 1.40. The number of hydrogen-bond acceptors (Lipinski definition) is 3. The zero-order valence-corrected chi connectivity index (χ0v) is 14.9. The summed E-state index contributed by atoms with van der Waals surface area (Å²) in [5, 5.41) is 10.7. The van der Waals surface area contributed by atoms with E-state index in [1.165, 1.54) is 5.56 Å². The number of nitrogens with zero attached hydrogens (tertiary/aromatic N) is 3. The molecule has 20 heavy (non-hydrogen) atoms. The van der Waals surface area contributed by atoms with Crippen molar-refractivity contribution in [2.45, 2.75) is 26.8 Å². The van der Waals surface area contributed by atoms with Gasteiger partial charge >= 0.3 is 0 Å². The van der Waals surface area contributed by atoms with E-state index in [0.29, 0.717) is 6.61 Å². The fourth-order valence-corrected chi connectivity index (χ4v) is 1.64. The fourth-order valence-electron chi connectivity index (χ4n) is 1.64. The van der Waals surface area contributed by atoms with Crippen molar-refractivity contribution in [1.82, 2.24) is 20.4 Å². The summed E-state index contributed by atoms with van der Waals surface area (Å²) in [6.45, 7) is 8.03. The molecule has 1 heterocycles. The lowest BCUT2D eigenvalue weighted by Gasteiger charge is -2.11. The smallest absolute Gasteiger partial charge is 0.191 e. The molecule has 116 valence electrons. The van der Waals surface area contributed by atoms with E-state index in [2.05, 4.69) is 26.9 Å². The molecule has 0 atom stereocenters. The number of ether oxygens (including phenoxy) is 1. The summed E-state index contributed by atoms with van der Waals surface area (Å²) >= 11 is 0. The molecule has 2 N–H and O–H groups in total. The first-order valence-corrected chi connectivity index (χ1v) is 6.77. The number of aliphatic imine (C=N–C) groups is 1. The number of hydrogen-bond donors (Lipinski definition) is 2. The lowest BCUT2D eigenvalue weighted by atomic mass is 10.4. The fraction of sp³-hybridized carbons (Fsp3) is 0.692. The molecule has 0 saturated heterocycles. The molecule has 0 aliphatic rings. The van der Waals surface area contributed by atoms with E-state index in [1.54, 1.807) is 7.05 Å². The van der Waals surface area contributed by atoms with Gasteiger partial charge in [0.2, 0.25) is 0 Å². The van der Waals surface area contributed by atoms with E-state index >= 15 is 0 Å². The summed E-state index contributed by atoms with van der Waals surface area (Å²) in [7, 11) is 1.77.